The summed E-state index contributed by atoms with van der Waals surface area (Å²) in [5.74, 6) is 0.342. The predicted molar refractivity (Wildman–Crippen MR) is 81.8 cm³/mol. The van der Waals surface area contributed by atoms with Crippen molar-refractivity contribution in [1.29, 1.82) is 0 Å². The van der Waals surface area contributed by atoms with E-state index < -0.39 is 0 Å². The molecule has 1 aliphatic carbocycles. The van der Waals surface area contributed by atoms with Crippen molar-refractivity contribution in [2.45, 2.75) is 39.0 Å². The van der Waals surface area contributed by atoms with E-state index in [1.54, 1.807) is 6.07 Å². The third-order valence-corrected chi connectivity index (χ3v) is 3.71. The van der Waals surface area contributed by atoms with Gasteiger partial charge >= 0.3 is 0 Å². The molecule has 2 nitrogen and oxygen atoms in total. The molecule has 1 saturated carbocycles. The van der Waals surface area contributed by atoms with Gasteiger partial charge in [0.25, 0.3) is 0 Å². The molecule has 0 heterocycles. The number of halogens is 1. The van der Waals surface area contributed by atoms with Crippen molar-refractivity contribution < 1.29 is 9.13 Å². The summed E-state index contributed by atoms with van der Waals surface area (Å²) in [6.07, 6.45) is 2.59. The van der Waals surface area contributed by atoms with Crippen LogP contribution in [0.25, 0.3) is 0 Å². The van der Waals surface area contributed by atoms with Crippen LogP contribution in [0.4, 0.5) is 4.39 Å². The summed E-state index contributed by atoms with van der Waals surface area (Å²) in [5.41, 5.74) is 3.32. The smallest absolute Gasteiger partial charge is 0.126 e. The fourth-order valence-electron chi connectivity index (χ4n) is 2.27. The van der Waals surface area contributed by atoms with Gasteiger partial charge in [-0.2, -0.15) is 0 Å². The van der Waals surface area contributed by atoms with E-state index in [-0.39, 0.29) is 5.82 Å². The maximum atomic E-state index is 13.2. The van der Waals surface area contributed by atoms with Gasteiger partial charge in [0.05, 0.1) is 0 Å². The summed E-state index contributed by atoms with van der Waals surface area (Å²) < 4.78 is 19.0. The Morgan fingerprint density at radius 3 is 2.76 bits per heavy atom. The number of hydrogen-bond acceptors (Lipinski definition) is 2. The first-order chi connectivity index (χ1) is 10.2. The van der Waals surface area contributed by atoms with Crippen molar-refractivity contribution in [2.75, 3.05) is 0 Å². The molecule has 0 bridgehead atoms. The topological polar surface area (TPSA) is 21.3 Å². The van der Waals surface area contributed by atoms with Gasteiger partial charge in [0.15, 0.2) is 0 Å². The molecule has 3 heteroatoms. The Bertz CT molecular complexity index is 622. The van der Waals surface area contributed by atoms with Crippen molar-refractivity contribution in [3.05, 3.63) is 65.0 Å². The maximum absolute atomic E-state index is 13.2. The molecule has 1 fully saturated rings. The third kappa shape index (κ3) is 4.05. The normalized spacial score (nSPS) is 14.2. The first kappa shape index (κ1) is 14.1. The van der Waals surface area contributed by atoms with Gasteiger partial charge in [-0.05, 0) is 42.5 Å². The molecule has 1 N–H and O–H groups in total. The number of aryl methyl sites for hydroxylation is 1. The maximum Gasteiger partial charge on any atom is 0.126 e. The molecule has 0 aromatic heterocycles. The minimum absolute atomic E-state index is 0.266. The minimum Gasteiger partial charge on any atom is -0.489 e. The van der Waals surface area contributed by atoms with Crippen LogP contribution in [-0.2, 0) is 13.2 Å². The highest BCUT2D eigenvalue weighted by atomic mass is 19.1. The van der Waals surface area contributed by atoms with Crippen LogP contribution in [0, 0.1) is 12.7 Å². The molecule has 2 aromatic rings. The van der Waals surface area contributed by atoms with E-state index >= 15 is 0 Å². The van der Waals surface area contributed by atoms with Gasteiger partial charge in [-0.15, -0.1) is 0 Å². The van der Waals surface area contributed by atoms with Crippen LogP contribution >= 0.6 is 0 Å². The molecular weight excluding hydrogens is 265 g/mol. The van der Waals surface area contributed by atoms with E-state index in [0.29, 0.717) is 18.4 Å². The standard InChI is InChI=1S/C18H20FNO/c1-13-5-6-16(19)10-18(13)21-12-15-4-2-3-14(9-15)11-20-17-7-8-17/h2-6,9-10,17,20H,7-8,11-12H2,1H3. The number of ether oxygens (including phenoxy) is 1. The lowest BCUT2D eigenvalue weighted by Gasteiger charge is -2.10. The summed E-state index contributed by atoms with van der Waals surface area (Å²) in [4.78, 5) is 0. The SMILES string of the molecule is Cc1ccc(F)cc1OCc1cccc(CNC2CC2)c1. The first-order valence-electron chi connectivity index (χ1n) is 7.41. The lowest BCUT2D eigenvalue weighted by atomic mass is 10.1. The fraction of sp³-hybridized carbons (Fsp3) is 0.333. The van der Waals surface area contributed by atoms with E-state index in [1.807, 2.05) is 19.1 Å². The summed E-state index contributed by atoms with van der Waals surface area (Å²) in [6.45, 7) is 3.28. The van der Waals surface area contributed by atoms with E-state index in [9.17, 15) is 4.39 Å². The Morgan fingerprint density at radius 2 is 1.95 bits per heavy atom. The average molecular weight is 285 g/mol. The molecular formula is C18H20FNO. The molecule has 0 radical (unpaired) electrons. The van der Waals surface area contributed by atoms with Crippen LogP contribution in [0.15, 0.2) is 42.5 Å². The monoisotopic (exact) mass is 285 g/mol. The van der Waals surface area contributed by atoms with Crippen molar-refractivity contribution in [2.24, 2.45) is 0 Å². The Hall–Kier alpha value is -1.87. The minimum atomic E-state index is -0.266. The molecule has 0 amide bonds. The molecule has 0 atom stereocenters. The highest BCUT2D eigenvalue weighted by molar-refractivity contribution is 5.33. The van der Waals surface area contributed by atoms with Crippen LogP contribution < -0.4 is 10.1 Å². The van der Waals surface area contributed by atoms with Crippen LogP contribution in [0.2, 0.25) is 0 Å². The zero-order valence-electron chi connectivity index (χ0n) is 12.2. The number of rotatable bonds is 6. The predicted octanol–water partition coefficient (Wildman–Crippen LogP) is 3.97. The third-order valence-electron chi connectivity index (χ3n) is 3.71. The summed E-state index contributed by atoms with van der Waals surface area (Å²) >= 11 is 0. The molecule has 0 unspecified atom stereocenters. The number of nitrogens with one attached hydrogen (secondary N) is 1. The Labute approximate surface area is 125 Å². The van der Waals surface area contributed by atoms with E-state index in [0.717, 1.165) is 17.7 Å². The number of hydrogen-bond donors (Lipinski definition) is 1. The van der Waals surface area contributed by atoms with Gasteiger partial charge in [-0.3, -0.25) is 0 Å². The van der Waals surface area contributed by atoms with Crippen molar-refractivity contribution in [3.8, 4) is 5.75 Å². The van der Waals surface area contributed by atoms with Crippen LogP contribution in [-0.4, -0.2) is 6.04 Å². The van der Waals surface area contributed by atoms with Gasteiger partial charge < -0.3 is 10.1 Å². The van der Waals surface area contributed by atoms with Crippen molar-refractivity contribution in [1.82, 2.24) is 5.32 Å². The first-order valence-corrected chi connectivity index (χ1v) is 7.41. The van der Waals surface area contributed by atoms with E-state index in [4.69, 9.17) is 4.74 Å². The summed E-state index contributed by atoms with van der Waals surface area (Å²) in [5, 5.41) is 3.50. The van der Waals surface area contributed by atoms with Gasteiger partial charge in [-0.1, -0.05) is 30.3 Å². The molecule has 1 aliphatic rings. The van der Waals surface area contributed by atoms with Gasteiger partial charge in [0, 0.05) is 18.7 Å². The van der Waals surface area contributed by atoms with E-state index in [2.05, 4.69) is 17.4 Å². The molecule has 21 heavy (non-hydrogen) atoms. The summed E-state index contributed by atoms with van der Waals surface area (Å²) in [6, 6.07) is 13.7. The highest BCUT2D eigenvalue weighted by Gasteiger charge is 2.19. The van der Waals surface area contributed by atoms with Gasteiger partial charge in [0.2, 0.25) is 0 Å². The molecule has 0 spiro atoms. The lowest BCUT2D eigenvalue weighted by molar-refractivity contribution is 0.302. The zero-order valence-corrected chi connectivity index (χ0v) is 12.2. The quantitative estimate of drug-likeness (QED) is 0.867. The number of benzene rings is 2. The van der Waals surface area contributed by atoms with Crippen LogP contribution in [0.5, 0.6) is 5.75 Å². The van der Waals surface area contributed by atoms with Crippen molar-refractivity contribution in [3.63, 3.8) is 0 Å². The molecule has 110 valence electrons. The Morgan fingerprint density at radius 1 is 1.14 bits per heavy atom. The largest absolute Gasteiger partial charge is 0.489 e. The average Bonchev–Trinajstić information content (AvgIpc) is 3.31. The van der Waals surface area contributed by atoms with Gasteiger partial charge in [0.1, 0.15) is 18.2 Å². The molecule has 0 aliphatic heterocycles. The fourth-order valence-corrected chi connectivity index (χ4v) is 2.27. The lowest BCUT2D eigenvalue weighted by Crippen LogP contribution is -2.15. The second-order valence-corrected chi connectivity index (χ2v) is 5.67. The molecule has 2 aromatic carbocycles. The second kappa shape index (κ2) is 6.27. The highest BCUT2D eigenvalue weighted by Crippen LogP contribution is 2.21. The van der Waals surface area contributed by atoms with Crippen LogP contribution in [0.1, 0.15) is 29.5 Å². The zero-order chi connectivity index (χ0) is 14.7. The van der Waals surface area contributed by atoms with Crippen LogP contribution in [0.3, 0.4) is 0 Å². The Kier molecular flexibility index (Phi) is 4.20. The van der Waals surface area contributed by atoms with Gasteiger partial charge in [-0.25, -0.2) is 4.39 Å². The molecule has 0 saturated heterocycles. The van der Waals surface area contributed by atoms with E-state index in [1.165, 1.54) is 30.5 Å². The Balaban J connectivity index is 1.61. The summed E-state index contributed by atoms with van der Waals surface area (Å²) in [7, 11) is 0. The molecule has 3 rings (SSSR count). The van der Waals surface area contributed by atoms with Crippen molar-refractivity contribution >= 4 is 0 Å². The second-order valence-electron chi connectivity index (χ2n) is 5.67.